The summed E-state index contributed by atoms with van der Waals surface area (Å²) in [5, 5.41) is 14.0. The van der Waals surface area contributed by atoms with Crippen LogP contribution < -0.4 is 10.2 Å². The van der Waals surface area contributed by atoms with Crippen molar-refractivity contribution in [1.82, 2.24) is 5.32 Å². The van der Waals surface area contributed by atoms with Gasteiger partial charge in [0.2, 0.25) is 5.91 Å². The Bertz CT molecular complexity index is 1600. The number of nitrogens with zero attached hydrogens (tertiary/aromatic N) is 1. The highest BCUT2D eigenvalue weighted by Gasteiger charge is 2.23. The molecule has 0 aliphatic rings. The normalized spacial score (nSPS) is 13.9. The minimum atomic E-state index is -4.61. The van der Waals surface area contributed by atoms with Crippen LogP contribution in [0.2, 0.25) is 0 Å². The number of nitrogens with one attached hydrogen (secondary N) is 1. The fourth-order valence-corrected chi connectivity index (χ4v) is 12.3. The third-order valence-electron chi connectivity index (χ3n) is 17.4. The summed E-state index contributed by atoms with van der Waals surface area (Å²) < 4.78 is 23.5. The first-order chi connectivity index (χ1) is 42.5. The van der Waals surface area contributed by atoms with Gasteiger partial charge in [-0.25, -0.2) is 0 Å². The van der Waals surface area contributed by atoms with Crippen LogP contribution in [-0.4, -0.2) is 68.5 Å². The molecule has 0 aliphatic carbocycles. The Balaban J connectivity index is 3.95. The zero-order valence-corrected chi connectivity index (χ0v) is 59.6. The Morgan fingerprint density at radius 3 is 1.01 bits per heavy atom. The van der Waals surface area contributed by atoms with Crippen molar-refractivity contribution in [2.45, 2.75) is 392 Å². The van der Waals surface area contributed by atoms with E-state index < -0.39 is 20.0 Å². The topological polar surface area (TPSA) is 108 Å². The lowest BCUT2D eigenvalue weighted by molar-refractivity contribution is -0.870. The predicted octanol–water partition coefficient (Wildman–Crippen LogP) is 24.1. The summed E-state index contributed by atoms with van der Waals surface area (Å²) in [5.74, 6) is -0.200. The van der Waals surface area contributed by atoms with Gasteiger partial charge < -0.3 is 28.8 Å². The van der Waals surface area contributed by atoms with Gasteiger partial charge in [0.1, 0.15) is 13.2 Å². The van der Waals surface area contributed by atoms with Crippen molar-refractivity contribution in [3.05, 3.63) is 60.8 Å². The van der Waals surface area contributed by atoms with Gasteiger partial charge >= 0.3 is 0 Å². The molecule has 8 nitrogen and oxygen atoms in total. The summed E-state index contributed by atoms with van der Waals surface area (Å²) in [6.45, 7) is 4.67. The number of aliphatic hydroxyl groups excluding tert-OH is 1. The minimum Gasteiger partial charge on any atom is -0.756 e. The van der Waals surface area contributed by atoms with Gasteiger partial charge in [-0.3, -0.25) is 9.36 Å². The molecule has 512 valence electrons. The van der Waals surface area contributed by atoms with Crippen LogP contribution in [0.5, 0.6) is 0 Å². The van der Waals surface area contributed by atoms with Crippen LogP contribution in [0.15, 0.2) is 60.8 Å². The Morgan fingerprint density at radius 2 is 0.678 bits per heavy atom. The molecule has 0 saturated heterocycles. The van der Waals surface area contributed by atoms with Gasteiger partial charge in [-0.05, 0) is 70.6 Å². The molecule has 9 heteroatoms. The van der Waals surface area contributed by atoms with E-state index in [2.05, 4.69) is 67.8 Å². The van der Waals surface area contributed by atoms with E-state index in [9.17, 15) is 19.4 Å². The molecular weight excluding hydrogens is 1090 g/mol. The van der Waals surface area contributed by atoms with E-state index in [0.717, 1.165) is 51.4 Å². The van der Waals surface area contributed by atoms with Crippen LogP contribution >= 0.6 is 7.82 Å². The number of hydrogen-bond donors (Lipinski definition) is 2. The molecule has 0 heterocycles. The number of allylic oxidation sites excluding steroid dienone is 9. The number of phosphoric ester groups is 1. The molecule has 0 aliphatic heterocycles. The molecule has 0 bridgehead atoms. The van der Waals surface area contributed by atoms with Gasteiger partial charge in [0.25, 0.3) is 7.82 Å². The van der Waals surface area contributed by atoms with Crippen LogP contribution in [0, 0.1) is 0 Å². The van der Waals surface area contributed by atoms with Gasteiger partial charge in [0.15, 0.2) is 0 Å². The minimum absolute atomic E-state index is 0.00520. The molecule has 3 unspecified atom stereocenters. The maximum absolute atomic E-state index is 13.1. The molecule has 3 atom stereocenters. The summed E-state index contributed by atoms with van der Waals surface area (Å²) >= 11 is 0. The number of carbonyl (C=O) groups excluding carboxylic acids is 1. The molecule has 2 N–H and O–H groups in total. The monoisotopic (exact) mass is 1240 g/mol. The highest BCUT2D eigenvalue weighted by atomic mass is 31.2. The van der Waals surface area contributed by atoms with E-state index in [0.29, 0.717) is 17.4 Å². The highest BCUT2D eigenvalue weighted by molar-refractivity contribution is 7.45. The SMILES string of the molecule is CCCCCCC/C=C\C/C=C\C/C=C\CCCCCCCCCCCCCCCCCCCCCCCCCCCCC(=O)NC(COP(=O)([O-])OCC[N+](C)(C)C)C(O)/C=C/CC/C=C/CCCCCCCCCCCCCCCCCCCC. The van der Waals surface area contributed by atoms with Crippen LogP contribution in [0.25, 0.3) is 0 Å². The van der Waals surface area contributed by atoms with Crippen LogP contribution in [0.4, 0.5) is 0 Å². The molecular formula is C78H149N2O6P. The fourth-order valence-electron chi connectivity index (χ4n) is 11.5. The number of aliphatic hydroxyl groups is 1. The quantitative estimate of drug-likeness (QED) is 0.0272. The van der Waals surface area contributed by atoms with Gasteiger partial charge in [0, 0.05) is 6.42 Å². The fraction of sp³-hybridized carbons (Fsp3) is 0.859. The number of likely N-dealkylation sites (N-methyl/N-ethyl adjacent to an activating group) is 1. The number of hydrogen-bond acceptors (Lipinski definition) is 6. The third kappa shape index (κ3) is 71.5. The molecule has 0 aromatic heterocycles. The van der Waals surface area contributed by atoms with Crippen molar-refractivity contribution in [1.29, 1.82) is 0 Å². The second-order valence-corrected chi connectivity index (χ2v) is 28.8. The summed E-state index contributed by atoms with van der Waals surface area (Å²) in [7, 11) is 1.26. The Morgan fingerprint density at radius 1 is 0.402 bits per heavy atom. The smallest absolute Gasteiger partial charge is 0.268 e. The van der Waals surface area contributed by atoms with Gasteiger partial charge in [-0.2, -0.15) is 0 Å². The number of carbonyl (C=O) groups is 1. The van der Waals surface area contributed by atoms with E-state index in [1.165, 1.54) is 308 Å². The lowest BCUT2D eigenvalue weighted by Crippen LogP contribution is -2.45. The van der Waals surface area contributed by atoms with Crippen molar-refractivity contribution >= 4 is 13.7 Å². The van der Waals surface area contributed by atoms with E-state index in [1.54, 1.807) is 6.08 Å². The molecule has 0 spiro atoms. The van der Waals surface area contributed by atoms with E-state index in [1.807, 2.05) is 27.2 Å². The zero-order valence-electron chi connectivity index (χ0n) is 58.7. The average molecular weight is 1240 g/mol. The van der Waals surface area contributed by atoms with Crippen molar-refractivity contribution in [2.75, 3.05) is 40.9 Å². The standard InChI is InChI=1S/C78H149N2O6P/c1-6-8-10-12-14-16-18-20-22-24-26-28-30-32-33-34-35-36-37-38-39-40-41-42-43-44-45-46-47-48-50-52-54-56-58-60-62-64-66-68-70-72-78(82)79-76(75-86-87(83,84)85-74-73-80(3,4)5)77(81)71-69-67-65-63-61-59-57-55-53-51-49-31-29-27-25-23-21-19-17-15-13-11-9-7-2/h18,20,24,26,30,32,61,63,69,71,76-77,81H,6-17,19,21-23,25,27-29,31,33-60,62,64-68,70,72-75H2,1-5H3,(H-,79,82,83,84)/b20-18-,26-24-,32-30-,63-61+,71-69+. The summed E-state index contributed by atoms with van der Waals surface area (Å²) in [6.07, 6.45) is 95.2. The van der Waals surface area contributed by atoms with Crippen LogP contribution in [-0.2, 0) is 18.4 Å². The zero-order chi connectivity index (χ0) is 63.4. The Kier molecular flexibility index (Phi) is 67.1. The number of quaternary nitrogens is 1. The van der Waals surface area contributed by atoms with Crippen molar-refractivity contribution in [2.24, 2.45) is 0 Å². The van der Waals surface area contributed by atoms with Gasteiger partial charge in [0.05, 0.1) is 39.9 Å². The first-order valence-corrected chi connectivity index (χ1v) is 39.6. The second kappa shape index (κ2) is 68.6. The lowest BCUT2D eigenvalue weighted by Gasteiger charge is -2.29. The van der Waals surface area contributed by atoms with Crippen molar-refractivity contribution in [3.63, 3.8) is 0 Å². The van der Waals surface area contributed by atoms with Gasteiger partial charge in [-0.1, -0.05) is 364 Å². The van der Waals surface area contributed by atoms with Crippen molar-refractivity contribution < 1.29 is 32.9 Å². The molecule has 87 heavy (non-hydrogen) atoms. The molecule has 0 aromatic rings. The maximum atomic E-state index is 13.1. The summed E-state index contributed by atoms with van der Waals surface area (Å²) in [6, 6.07) is -0.905. The van der Waals surface area contributed by atoms with E-state index in [4.69, 9.17) is 9.05 Å². The van der Waals surface area contributed by atoms with Gasteiger partial charge in [-0.15, -0.1) is 0 Å². The first kappa shape index (κ1) is 85.2. The largest absolute Gasteiger partial charge is 0.756 e. The molecule has 0 saturated carbocycles. The van der Waals surface area contributed by atoms with E-state index in [-0.39, 0.29) is 19.1 Å². The number of phosphoric acid groups is 1. The van der Waals surface area contributed by atoms with E-state index >= 15 is 0 Å². The molecule has 0 aromatic carbocycles. The maximum Gasteiger partial charge on any atom is 0.268 e. The second-order valence-electron chi connectivity index (χ2n) is 27.4. The number of unbranched alkanes of at least 4 members (excludes halogenated alkanes) is 50. The van der Waals surface area contributed by atoms with Crippen molar-refractivity contribution in [3.8, 4) is 0 Å². The van der Waals surface area contributed by atoms with Crippen LogP contribution in [0.3, 0.4) is 0 Å². The lowest BCUT2D eigenvalue weighted by atomic mass is 10.0. The first-order valence-electron chi connectivity index (χ1n) is 38.2. The molecule has 0 rings (SSSR count). The Hall–Kier alpha value is -1.80. The molecule has 0 radical (unpaired) electrons. The predicted molar refractivity (Wildman–Crippen MR) is 381 cm³/mol. The number of amides is 1. The summed E-state index contributed by atoms with van der Waals surface area (Å²) in [5.41, 5.74) is 0. The summed E-state index contributed by atoms with van der Waals surface area (Å²) in [4.78, 5) is 25.7. The average Bonchev–Trinajstić information content (AvgIpc) is 3.71. The molecule has 1 amide bonds. The number of rotatable bonds is 71. The molecule has 0 fully saturated rings. The van der Waals surface area contributed by atoms with Crippen LogP contribution in [0.1, 0.15) is 380 Å². The highest BCUT2D eigenvalue weighted by Crippen LogP contribution is 2.38. The third-order valence-corrected chi connectivity index (χ3v) is 18.4. The Labute approximate surface area is 542 Å².